The van der Waals surface area contributed by atoms with Crippen molar-refractivity contribution >= 4 is 43.6 Å². The number of nitrogens with zero attached hydrogens (tertiary/aromatic N) is 4. The Hall–Kier alpha value is -5.48. The maximum Gasteiger partial charge on any atom is 0.0979 e. The van der Waals surface area contributed by atoms with E-state index in [4.69, 9.17) is 19.9 Å². The number of hydrogen-bond donors (Lipinski definition) is 0. The molecule has 0 saturated carbocycles. The molecule has 0 fully saturated rings. The average molecular weight is 507 g/mol. The van der Waals surface area contributed by atoms with Crippen LogP contribution in [0, 0.1) is 0 Å². The lowest BCUT2D eigenvalue weighted by molar-refractivity contribution is 1.31. The largest absolute Gasteiger partial charge is 0.244 e. The molecule has 10 rings (SSSR count). The van der Waals surface area contributed by atoms with Gasteiger partial charge in [-0.3, -0.25) is 0 Å². The maximum absolute atomic E-state index is 5.15. The lowest BCUT2D eigenvalue weighted by atomic mass is 10.0. The van der Waals surface area contributed by atoms with Crippen LogP contribution in [-0.2, 0) is 0 Å². The Bertz CT molecular complexity index is 2260. The van der Waals surface area contributed by atoms with Crippen molar-refractivity contribution in [2.45, 2.75) is 0 Å². The fourth-order valence-electron chi connectivity index (χ4n) is 6.69. The lowest BCUT2D eigenvalue weighted by Crippen LogP contribution is -1.92. The summed E-state index contributed by atoms with van der Waals surface area (Å²) >= 11 is 0. The average Bonchev–Trinajstić information content (AvgIpc) is 3.49. The van der Waals surface area contributed by atoms with E-state index in [0.717, 1.165) is 67.1 Å². The molecule has 0 aliphatic heterocycles. The van der Waals surface area contributed by atoms with Gasteiger partial charge in [-0.05, 0) is 46.2 Å². The fourth-order valence-corrected chi connectivity index (χ4v) is 6.69. The van der Waals surface area contributed by atoms with E-state index in [0.29, 0.717) is 0 Å². The highest BCUT2D eigenvalue weighted by Crippen LogP contribution is 2.47. The maximum atomic E-state index is 5.15. The van der Waals surface area contributed by atoms with Crippen molar-refractivity contribution < 1.29 is 0 Å². The van der Waals surface area contributed by atoms with Gasteiger partial charge in [-0.15, -0.1) is 0 Å². The highest BCUT2D eigenvalue weighted by atomic mass is 14.9. The highest BCUT2D eigenvalue weighted by Gasteiger charge is 2.26. The highest BCUT2D eigenvalue weighted by molar-refractivity contribution is 6.15. The summed E-state index contributed by atoms with van der Waals surface area (Å²) in [5.41, 5.74) is 14.3. The molecule has 2 aromatic heterocycles. The third kappa shape index (κ3) is 2.55. The van der Waals surface area contributed by atoms with E-state index in [9.17, 15) is 0 Å². The molecular weight excluding hydrogens is 488 g/mol. The zero-order chi connectivity index (χ0) is 25.9. The molecule has 2 aliphatic carbocycles. The van der Waals surface area contributed by atoms with E-state index in [1.807, 2.05) is 0 Å². The quantitative estimate of drug-likeness (QED) is 0.223. The first-order chi connectivity index (χ1) is 19.8. The molecule has 182 valence electrons. The van der Waals surface area contributed by atoms with Gasteiger partial charge in [0.25, 0.3) is 0 Å². The van der Waals surface area contributed by atoms with Crippen LogP contribution in [0.4, 0.5) is 0 Å². The first kappa shape index (κ1) is 20.5. The van der Waals surface area contributed by atoms with Crippen molar-refractivity contribution in [1.82, 2.24) is 19.9 Å². The minimum atomic E-state index is 0.892. The van der Waals surface area contributed by atoms with E-state index in [1.165, 1.54) is 32.7 Å². The summed E-state index contributed by atoms with van der Waals surface area (Å²) in [4.78, 5) is 20.4. The molecule has 0 radical (unpaired) electrons. The predicted molar refractivity (Wildman–Crippen MR) is 162 cm³/mol. The van der Waals surface area contributed by atoms with Crippen molar-refractivity contribution in [3.8, 4) is 56.2 Å². The molecule has 2 aliphatic rings. The first-order valence-corrected chi connectivity index (χ1v) is 13.5. The molecule has 0 saturated heterocycles. The second-order valence-electron chi connectivity index (χ2n) is 10.7. The van der Waals surface area contributed by atoms with Crippen LogP contribution in [0.5, 0.6) is 0 Å². The van der Waals surface area contributed by atoms with Gasteiger partial charge in [0.2, 0.25) is 0 Å². The van der Waals surface area contributed by atoms with Crippen LogP contribution in [0.2, 0.25) is 0 Å². The molecule has 6 aromatic carbocycles. The zero-order valence-electron chi connectivity index (χ0n) is 21.2. The number of hydrogen-bond acceptors (Lipinski definition) is 4. The zero-order valence-corrected chi connectivity index (χ0v) is 21.2. The van der Waals surface area contributed by atoms with Gasteiger partial charge in [-0.25, -0.2) is 19.9 Å². The van der Waals surface area contributed by atoms with Gasteiger partial charge in [-0.1, -0.05) is 84.9 Å². The Balaban J connectivity index is 1.13. The molecule has 2 heterocycles. The summed E-state index contributed by atoms with van der Waals surface area (Å²) < 4.78 is 0. The molecule has 0 bridgehead atoms. The van der Waals surface area contributed by atoms with Crippen LogP contribution in [0.1, 0.15) is 0 Å². The van der Waals surface area contributed by atoms with E-state index in [2.05, 4.69) is 109 Å². The van der Waals surface area contributed by atoms with E-state index >= 15 is 0 Å². The molecule has 0 spiro atoms. The Morgan fingerprint density at radius 1 is 0.325 bits per heavy atom. The first-order valence-electron chi connectivity index (χ1n) is 13.5. The van der Waals surface area contributed by atoms with E-state index < -0.39 is 0 Å². The number of rotatable bonds is 1. The summed E-state index contributed by atoms with van der Waals surface area (Å²) in [5.74, 6) is 0. The van der Waals surface area contributed by atoms with Crippen LogP contribution in [0.25, 0.3) is 99.8 Å². The Morgan fingerprint density at radius 3 is 1.05 bits per heavy atom. The van der Waals surface area contributed by atoms with E-state index in [1.54, 1.807) is 0 Å². The SMILES string of the molecule is c1cc2c3c(cccc3c1)-c1nc3cc(-c4ccc5nc6c(nc5c4)-c4cccc5cccc-6c45)ccc3nc1-2. The molecule has 0 atom stereocenters. The number of benzene rings is 6. The van der Waals surface area contributed by atoms with Gasteiger partial charge in [0.15, 0.2) is 0 Å². The molecule has 0 unspecified atom stereocenters. The van der Waals surface area contributed by atoms with Gasteiger partial charge in [0.05, 0.1) is 44.8 Å². The minimum Gasteiger partial charge on any atom is -0.244 e. The molecule has 4 nitrogen and oxygen atoms in total. The third-order valence-corrected chi connectivity index (χ3v) is 8.49. The summed E-state index contributed by atoms with van der Waals surface area (Å²) in [6, 6.07) is 38.3. The second kappa shape index (κ2) is 7.13. The van der Waals surface area contributed by atoms with Gasteiger partial charge in [-0.2, -0.15) is 0 Å². The number of aromatic nitrogens is 4. The fraction of sp³-hybridized carbons (Fsp3) is 0. The van der Waals surface area contributed by atoms with Crippen LogP contribution in [-0.4, -0.2) is 19.9 Å². The second-order valence-corrected chi connectivity index (χ2v) is 10.7. The van der Waals surface area contributed by atoms with E-state index in [-0.39, 0.29) is 0 Å². The smallest absolute Gasteiger partial charge is 0.0979 e. The number of fused-ring (bicyclic) bond motifs is 8. The topological polar surface area (TPSA) is 51.6 Å². The van der Waals surface area contributed by atoms with Gasteiger partial charge in [0.1, 0.15) is 0 Å². The standard InChI is InChI=1S/C36H18N4/c1-5-19-7-3-11-25-31(19)23(9-1)33-35(25)39-29-17-21(13-15-27(29)37-33)22-14-16-28-30(18-22)40-36-26-12-4-8-20-6-2-10-24(32(20)26)34(36)38-28/h1-18H. The van der Waals surface area contributed by atoms with Crippen molar-refractivity contribution in [2.24, 2.45) is 0 Å². The molecule has 0 amide bonds. The summed E-state index contributed by atoms with van der Waals surface area (Å²) in [7, 11) is 0. The van der Waals surface area contributed by atoms with Crippen LogP contribution >= 0.6 is 0 Å². The normalized spacial score (nSPS) is 12.5. The van der Waals surface area contributed by atoms with Crippen molar-refractivity contribution in [3.05, 3.63) is 109 Å². The van der Waals surface area contributed by atoms with Crippen LogP contribution in [0.15, 0.2) is 109 Å². The minimum absolute atomic E-state index is 0.892. The van der Waals surface area contributed by atoms with Gasteiger partial charge < -0.3 is 0 Å². The summed E-state index contributed by atoms with van der Waals surface area (Å²) in [5, 5.41) is 4.94. The molecule has 8 aromatic rings. The van der Waals surface area contributed by atoms with Crippen molar-refractivity contribution in [1.29, 1.82) is 0 Å². The molecule has 40 heavy (non-hydrogen) atoms. The van der Waals surface area contributed by atoms with Crippen molar-refractivity contribution in [3.63, 3.8) is 0 Å². The third-order valence-electron chi connectivity index (χ3n) is 8.49. The van der Waals surface area contributed by atoms with Gasteiger partial charge in [0, 0.05) is 33.0 Å². The van der Waals surface area contributed by atoms with Crippen LogP contribution < -0.4 is 0 Å². The Labute approximate surface area is 228 Å². The summed E-state index contributed by atoms with van der Waals surface area (Å²) in [6.45, 7) is 0. The van der Waals surface area contributed by atoms with Gasteiger partial charge >= 0.3 is 0 Å². The molecule has 0 N–H and O–H groups in total. The Kier molecular flexibility index (Phi) is 3.65. The monoisotopic (exact) mass is 506 g/mol. The lowest BCUT2D eigenvalue weighted by Gasteiger charge is -2.08. The molecule has 4 heteroatoms. The van der Waals surface area contributed by atoms with Crippen LogP contribution in [0.3, 0.4) is 0 Å². The predicted octanol–water partition coefficient (Wildman–Crippen LogP) is 8.84. The Morgan fingerprint density at radius 2 is 0.675 bits per heavy atom. The van der Waals surface area contributed by atoms with Crippen molar-refractivity contribution in [2.75, 3.05) is 0 Å². The molecular formula is C36H18N4. The summed E-state index contributed by atoms with van der Waals surface area (Å²) in [6.07, 6.45) is 0.